The van der Waals surface area contributed by atoms with Crippen LogP contribution in [0.25, 0.3) is 5.52 Å². The number of rotatable bonds is 3. The third-order valence-corrected chi connectivity index (χ3v) is 5.69. The molecule has 7 heteroatoms. The van der Waals surface area contributed by atoms with E-state index >= 15 is 0 Å². The monoisotopic (exact) mass is 388 g/mol. The van der Waals surface area contributed by atoms with E-state index in [2.05, 4.69) is 38.9 Å². The van der Waals surface area contributed by atoms with Crippen LogP contribution in [-0.4, -0.2) is 36.2 Å². The smallest absolute Gasteiger partial charge is 0.129 e. The highest BCUT2D eigenvalue weighted by atomic mass is 16.3. The third-order valence-electron chi connectivity index (χ3n) is 5.69. The number of aryl methyl sites for hydroxylation is 1. The number of nitrogens with one attached hydrogen (secondary N) is 1. The summed E-state index contributed by atoms with van der Waals surface area (Å²) in [4.78, 5) is 14.8. The van der Waals surface area contributed by atoms with Gasteiger partial charge in [0.15, 0.2) is 0 Å². The van der Waals surface area contributed by atoms with Crippen LogP contribution in [0.4, 0.5) is 5.82 Å². The van der Waals surface area contributed by atoms with Crippen molar-refractivity contribution >= 4 is 11.3 Å². The Hall–Kier alpha value is -3.19. The molecule has 0 unspecified atom stereocenters. The second-order valence-electron chi connectivity index (χ2n) is 8.16. The molecule has 1 aliphatic heterocycles. The molecule has 0 aliphatic carbocycles. The number of aliphatic hydroxyl groups is 1. The highest BCUT2D eigenvalue weighted by Gasteiger charge is 2.33. The zero-order chi connectivity index (χ0) is 20.2. The van der Waals surface area contributed by atoms with Crippen LogP contribution in [0.1, 0.15) is 48.1 Å². The number of nitrogens with zero attached hydrogens (tertiary/aromatic N) is 5. The van der Waals surface area contributed by atoms with Gasteiger partial charge in [0.05, 0.1) is 34.5 Å². The fourth-order valence-electron chi connectivity index (χ4n) is 4.06. The summed E-state index contributed by atoms with van der Waals surface area (Å²) in [7, 11) is 0. The number of aromatic nitrogens is 5. The minimum atomic E-state index is -0.914. The van der Waals surface area contributed by atoms with Gasteiger partial charge in [0, 0.05) is 30.9 Å². The number of imidazole rings is 1. The lowest BCUT2D eigenvalue weighted by atomic mass is 9.98. The van der Waals surface area contributed by atoms with Gasteiger partial charge in [-0.1, -0.05) is 12.1 Å². The van der Waals surface area contributed by atoms with E-state index in [-0.39, 0.29) is 6.04 Å². The number of pyridine rings is 2. The molecule has 0 amide bonds. The van der Waals surface area contributed by atoms with E-state index in [0.29, 0.717) is 0 Å². The molecule has 29 heavy (non-hydrogen) atoms. The van der Waals surface area contributed by atoms with Crippen LogP contribution in [0.2, 0.25) is 0 Å². The number of fused-ring (bicyclic) bond motifs is 2. The molecule has 5 rings (SSSR count). The quantitative estimate of drug-likeness (QED) is 0.563. The van der Waals surface area contributed by atoms with Gasteiger partial charge in [-0.05, 0) is 44.5 Å². The largest absolute Gasteiger partial charge is 0.386 e. The van der Waals surface area contributed by atoms with Gasteiger partial charge in [-0.15, -0.1) is 0 Å². The molecular formula is C22H24N6O. The Balaban J connectivity index is 1.61. The van der Waals surface area contributed by atoms with Gasteiger partial charge in [-0.25, -0.2) is 14.5 Å². The van der Waals surface area contributed by atoms with Crippen LogP contribution in [0.5, 0.6) is 0 Å². The Morgan fingerprint density at radius 3 is 2.79 bits per heavy atom. The molecule has 7 nitrogen and oxygen atoms in total. The Morgan fingerprint density at radius 2 is 2.07 bits per heavy atom. The lowest BCUT2D eigenvalue weighted by Gasteiger charge is -2.35. The van der Waals surface area contributed by atoms with Gasteiger partial charge >= 0.3 is 0 Å². The van der Waals surface area contributed by atoms with Gasteiger partial charge in [0.2, 0.25) is 0 Å². The van der Waals surface area contributed by atoms with Gasteiger partial charge in [0.1, 0.15) is 11.9 Å². The standard InChI is InChI=1S/C22H24N6O/c1-14-5-4-9-28-18(14)11-17(26-28)21-20-16(24-13-25-20)8-10-27(21)19-7-6-15(12-23-19)22(2,3)29/h4-7,9,11-13,21,29H,8,10H2,1-3H3,(H,24,25)/t21-/m1/s1. The van der Waals surface area contributed by atoms with Crippen LogP contribution in [0, 0.1) is 6.92 Å². The molecule has 1 aliphatic rings. The normalized spacial score (nSPS) is 17.0. The first-order chi connectivity index (χ1) is 13.9. The summed E-state index contributed by atoms with van der Waals surface area (Å²) in [5.74, 6) is 0.858. The summed E-state index contributed by atoms with van der Waals surface area (Å²) in [6, 6.07) is 10.1. The van der Waals surface area contributed by atoms with Crippen molar-refractivity contribution in [2.45, 2.75) is 38.8 Å². The molecular weight excluding hydrogens is 364 g/mol. The Bertz CT molecular complexity index is 1170. The molecule has 0 spiro atoms. The molecule has 5 heterocycles. The number of anilines is 1. The zero-order valence-electron chi connectivity index (χ0n) is 16.8. The predicted molar refractivity (Wildman–Crippen MR) is 111 cm³/mol. The number of hydrogen-bond acceptors (Lipinski definition) is 5. The van der Waals surface area contributed by atoms with E-state index in [9.17, 15) is 5.11 Å². The van der Waals surface area contributed by atoms with E-state index in [0.717, 1.165) is 46.9 Å². The molecule has 2 N–H and O–H groups in total. The van der Waals surface area contributed by atoms with Gasteiger partial charge in [0.25, 0.3) is 0 Å². The minimum absolute atomic E-state index is 0.0963. The maximum absolute atomic E-state index is 10.2. The molecule has 0 saturated carbocycles. The molecule has 148 valence electrons. The minimum Gasteiger partial charge on any atom is -0.386 e. The van der Waals surface area contributed by atoms with Gasteiger partial charge in [-0.3, -0.25) is 0 Å². The predicted octanol–water partition coefficient (Wildman–Crippen LogP) is 3.14. The summed E-state index contributed by atoms with van der Waals surface area (Å²) in [5, 5.41) is 15.1. The maximum atomic E-state index is 10.2. The van der Waals surface area contributed by atoms with Crippen molar-refractivity contribution in [3.8, 4) is 0 Å². The summed E-state index contributed by atoms with van der Waals surface area (Å²) < 4.78 is 1.93. The SMILES string of the molecule is Cc1cccn2nc([C@@H]3c4[nH]cnc4CCN3c3ccc(C(C)(C)O)cn3)cc12. The van der Waals surface area contributed by atoms with Crippen molar-refractivity contribution in [3.05, 3.63) is 77.3 Å². The fourth-order valence-corrected chi connectivity index (χ4v) is 4.06. The van der Waals surface area contributed by atoms with Gasteiger partial charge < -0.3 is 15.0 Å². The summed E-state index contributed by atoms with van der Waals surface area (Å²) in [6.45, 7) is 6.43. The van der Waals surface area contributed by atoms with Crippen molar-refractivity contribution < 1.29 is 5.11 Å². The highest BCUT2D eigenvalue weighted by Crippen LogP contribution is 2.36. The summed E-state index contributed by atoms with van der Waals surface area (Å²) >= 11 is 0. The van der Waals surface area contributed by atoms with Crippen LogP contribution in [-0.2, 0) is 12.0 Å². The van der Waals surface area contributed by atoms with E-state index < -0.39 is 5.60 Å². The first kappa shape index (κ1) is 17.9. The van der Waals surface area contributed by atoms with Crippen LogP contribution >= 0.6 is 0 Å². The second-order valence-corrected chi connectivity index (χ2v) is 8.16. The number of hydrogen-bond donors (Lipinski definition) is 2. The average molecular weight is 388 g/mol. The summed E-state index contributed by atoms with van der Waals surface area (Å²) in [5.41, 5.74) is 5.25. The molecule has 0 aromatic carbocycles. The molecule has 4 aromatic rings. The average Bonchev–Trinajstić information content (AvgIpc) is 3.34. The fraction of sp³-hybridized carbons (Fsp3) is 0.318. The van der Waals surface area contributed by atoms with E-state index in [1.54, 1.807) is 26.4 Å². The Labute approximate surface area is 169 Å². The van der Waals surface area contributed by atoms with E-state index in [4.69, 9.17) is 5.10 Å². The number of aromatic amines is 1. The first-order valence-corrected chi connectivity index (χ1v) is 9.84. The van der Waals surface area contributed by atoms with Crippen molar-refractivity contribution in [1.29, 1.82) is 0 Å². The molecule has 0 fully saturated rings. The first-order valence-electron chi connectivity index (χ1n) is 9.84. The van der Waals surface area contributed by atoms with Crippen LogP contribution < -0.4 is 4.90 Å². The second kappa shape index (κ2) is 6.42. The highest BCUT2D eigenvalue weighted by molar-refractivity contribution is 5.57. The van der Waals surface area contributed by atoms with Crippen molar-refractivity contribution in [1.82, 2.24) is 24.6 Å². The van der Waals surface area contributed by atoms with E-state index in [1.165, 1.54) is 5.56 Å². The van der Waals surface area contributed by atoms with Crippen molar-refractivity contribution in [2.24, 2.45) is 0 Å². The molecule has 4 aromatic heterocycles. The third kappa shape index (κ3) is 2.98. The lowest BCUT2D eigenvalue weighted by molar-refractivity contribution is 0.0782. The maximum Gasteiger partial charge on any atom is 0.129 e. The van der Waals surface area contributed by atoms with Gasteiger partial charge in [-0.2, -0.15) is 5.10 Å². The topological polar surface area (TPSA) is 82.3 Å². The number of H-pyrrole nitrogens is 1. The van der Waals surface area contributed by atoms with E-state index in [1.807, 2.05) is 28.9 Å². The Kier molecular flexibility index (Phi) is 3.96. The molecule has 0 bridgehead atoms. The molecule has 0 radical (unpaired) electrons. The lowest BCUT2D eigenvalue weighted by Crippen LogP contribution is -2.37. The van der Waals surface area contributed by atoms with Crippen molar-refractivity contribution in [3.63, 3.8) is 0 Å². The Morgan fingerprint density at radius 1 is 1.21 bits per heavy atom. The van der Waals surface area contributed by atoms with Crippen LogP contribution in [0.3, 0.4) is 0 Å². The molecule has 0 saturated heterocycles. The van der Waals surface area contributed by atoms with Crippen molar-refractivity contribution in [2.75, 3.05) is 11.4 Å². The summed E-state index contributed by atoms with van der Waals surface area (Å²) in [6.07, 6.45) is 6.33. The van der Waals surface area contributed by atoms with Crippen LogP contribution in [0.15, 0.2) is 49.1 Å². The zero-order valence-corrected chi connectivity index (χ0v) is 16.8. The molecule has 1 atom stereocenters.